The highest BCUT2D eigenvalue weighted by molar-refractivity contribution is 7.89. The molecule has 1 aromatic heterocycles. The molecule has 1 aliphatic carbocycles. The Kier molecular flexibility index (Phi) is 3.11. The van der Waals surface area contributed by atoms with Crippen molar-refractivity contribution in [2.24, 2.45) is 11.8 Å². The van der Waals surface area contributed by atoms with Crippen LogP contribution in [0.4, 0.5) is 0 Å². The summed E-state index contributed by atoms with van der Waals surface area (Å²) in [5.41, 5.74) is 0. The lowest BCUT2D eigenvalue weighted by Gasteiger charge is -2.16. The summed E-state index contributed by atoms with van der Waals surface area (Å²) >= 11 is 0. The molecule has 0 bridgehead atoms. The van der Waals surface area contributed by atoms with Crippen LogP contribution in [0.5, 0.6) is 0 Å². The Balaban J connectivity index is 1.84. The number of nitrogens with zero attached hydrogens (tertiary/aromatic N) is 1. The van der Waals surface area contributed by atoms with Gasteiger partial charge in [0, 0.05) is 19.0 Å². The van der Waals surface area contributed by atoms with Gasteiger partial charge in [0.1, 0.15) is 0 Å². The van der Waals surface area contributed by atoms with Gasteiger partial charge in [-0.2, -0.15) is 4.31 Å². The van der Waals surface area contributed by atoms with Gasteiger partial charge in [0.15, 0.2) is 0 Å². The zero-order valence-electron chi connectivity index (χ0n) is 10.6. The minimum Gasteiger partial charge on any atom is -0.475 e. The van der Waals surface area contributed by atoms with Gasteiger partial charge in [-0.3, -0.25) is 0 Å². The average Bonchev–Trinajstić information content (AvgIpc) is 3.06. The van der Waals surface area contributed by atoms with E-state index in [1.807, 2.05) is 0 Å². The number of carboxylic acid groups (broad SMARTS) is 1. The molecule has 0 spiro atoms. The van der Waals surface area contributed by atoms with Crippen molar-refractivity contribution in [2.75, 3.05) is 13.1 Å². The molecule has 1 saturated heterocycles. The summed E-state index contributed by atoms with van der Waals surface area (Å²) in [6.45, 7) is 0.616. The Bertz CT molecular complexity index is 636. The number of hydrogen-bond donors (Lipinski definition) is 2. The number of aromatic carboxylic acids is 1. The molecule has 20 heavy (non-hydrogen) atoms. The van der Waals surface area contributed by atoms with E-state index in [4.69, 9.17) is 9.52 Å². The predicted octanol–water partition coefficient (Wildman–Crippen LogP) is 0.369. The van der Waals surface area contributed by atoms with E-state index in [2.05, 4.69) is 0 Å². The van der Waals surface area contributed by atoms with E-state index in [0.717, 1.165) is 18.6 Å². The van der Waals surface area contributed by atoms with Gasteiger partial charge in [0.2, 0.25) is 10.9 Å². The van der Waals surface area contributed by atoms with E-state index in [-0.39, 0.29) is 23.5 Å². The minimum absolute atomic E-state index is 0.0290. The number of carbonyl (C=O) groups is 1. The number of aliphatic hydroxyl groups excluding tert-OH is 1. The van der Waals surface area contributed by atoms with Gasteiger partial charge in [-0.05, 0) is 30.9 Å². The topological polar surface area (TPSA) is 108 Å². The van der Waals surface area contributed by atoms with Gasteiger partial charge >= 0.3 is 5.97 Å². The zero-order chi connectivity index (χ0) is 14.5. The Labute approximate surface area is 115 Å². The smallest absolute Gasteiger partial charge is 0.371 e. The van der Waals surface area contributed by atoms with Crippen LogP contribution in [0.2, 0.25) is 0 Å². The minimum atomic E-state index is -3.82. The highest BCUT2D eigenvalue weighted by atomic mass is 32.2. The van der Waals surface area contributed by atoms with Gasteiger partial charge in [0.25, 0.3) is 10.0 Å². The summed E-state index contributed by atoms with van der Waals surface area (Å²) in [4.78, 5) is 10.7. The third-order valence-electron chi connectivity index (χ3n) is 4.17. The molecule has 2 N–H and O–H groups in total. The standard InChI is InChI=1S/C12H15NO6S/c14-9-2-1-7-5-13(6-8(7)9)20(17,18)11-4-3-10(19-11)12(15)16/h3-4,7-9,14H,1-2,5-6H2,(H,15,16). The van der Waals surface area contributed by atoms with Crippen molar-refractivity contribution < 1.29 is 27.8 Å². The lowest BCUT2D eigenvalue weighted by atomic mass is 10.00. The normalized spacial score (nSPS) is 30.6. The molecule has 3 rings (SSSR count). The molecule has 2 fully saturated rings. The molecule has 0 radical (unpaired) electrons. The molecule has 110 valence electrons. The molecule has 1 aromatic rings. The molecule has 3 unspecified atom stereocenters. The number of carboxylic acids is 1. The third-order valence-corrected chi connectivity index (χ3v) is 5.88. The summed E-state index contributed by atoms with van der Waals surface area (Å²) in [6.07, 6.45) is 1.08. The Morgan fingerprint density at radius 3 is 2.65 bits per heavy atom. The molecular formula is C12H15NO6S. The van der Waals surface area contributed by atoms with Crippen LogP contribution in [0.1, 0.15) is 23.4 Å². The monoisotopic (exact) mass is 301 g/mol. The van der Waals surface area contributed by atoms with Crippen LogP contribution in [0, 0.1) is 11.8 Å². The summed E-state index contributed by atoms with van der Waals surface area (Å²) in [5, 5.41) is 18.2. The number of rotatable bonds is 3. The first-order valence-electron chi connectivity index (χ1n) is 6.41. The second-order valence-electron chi connectivity index (χ2n) is 5.31. The predicted molar refractivity (Wildman–Crippen MR) is 66.6 cm³/mol. The number of furan rings is 1. The fraction of sp³-hybridized carbons (Fsp3) is 0.583. The Morgan fingerprint density at radius 1 is 1.30 bits per heavy atom. The first-order valence-corrected chi connectivity index (χ1v) is 7.85. The van der Waals surface area contributed by atoms with Crippen LogP contribution in [0.3, 0.4) is 0 Å². The van der Waals surface area contributed by atoms with E-state index < -0.39 is 27.9 Å². The van der Waals surface area contributed by atoms with Crippen LogP contribution in [-0.2, 0) is 10.0 Å². The summed E-state index contributed by atoms with van der Waals surface area (Å²) in [5.74, 6) is -1.56. The molecule has 0 amide bonds. The fourth-order valence-corrected chi connectivity index (χ4v) is 4.54. The van der Waals surface area contributed by atoms with E-state index >= 15 is 0 Å². The van der Waals surface area contributed by atoms with Gasteiger partial charge in [-0.1, -0.05) is 0 Å². The van der Waals surface area contributed by atoms with Gasteiger partial charge in [0.05, 0.1) is 6.10 Å². The van der Waals surface area contributed by atoms with Crippen molar-refractivity contribution >= 4 is 16.0 Å². The van der Waals surface area contributed by atoms with Crippen LogP contribution in [-0.4, -0.2) is 48.1 Å². The number of aliphatic hydroxyl groups is 1. The fourth-order valence-electron chi connectivity index (χ4n) is 3.09. The maximum atomic E-state index is 12.4. The van der Waals surface area contributed by atoms with Crippen LogP contribution in [0.25, 0.3) is 0 Å². The lowest BCUT2D eigenvalue weighted by molar-refractivity contribution is 0.0656. The van der Waals surface area contributed by atoms with E-state index in [1.165, 1.54) is 4.31 Å². The average molecular weight is 301 g/mol. The molecule has 1 saturated carbocycles. The first-order chi connectivity index (χ1) is 9.39. The molecule has 3 atom stereocenters. The van der Waals surface area contributed by atoms with Crippen molar-refractivity contribution in [1.82, 2.24) is 4.31 Å². The van der Waals surface area contributed by atoms with Crippen molar-refractivity contribution in [3.05, 3.63) is 17.9 Å². The molecule has 0 aromatic carbocycles. The van der Waals surface area contributed by atoms with Gasteiger partial charge in [-0.15, -0.1) is 0 Å². The third kappa shape index (κ3) is 2.04. The van der Waals surface area contributed by atoms with Crippen molar-refractivity contribution in [2.45, 2.75) is 24.0 Å². The van der Waals surface area contributed by atoms with Crippen LogP contribution in [0.15, 0.2) is 21.6 Å². The number of fused-ring (bicyclic) bond motifs is 1. The second-order valence-corrected chi connectivity index (χ2v) is 7.18. The summed E-state index contributed by atoms with van der Waals surface area (Å²) < 4.78 is 30.9. The van der Waals surface area contributed by atoms with Crippen molar-refractivity contribution in [1.29, 1.82) is 0 Å². The highest BCUT2D eigenvalue weighted by Gasteiger charge is 2.46. The first kappa shape index (κ1) is 13.6. The number of sulfonamides is 1. The van der Waals surface area contributed by atoms with Crippen molar-refractivity contribution in [3.8, 4) is 0 Å². The van der Waals surface area contributed by atoms with Crippen molar-refractivity contribution in [3.63, 3.8) is 0 Å². The Morgan fingerprint density at radius 2 is 2.05 bits per heavy atom. The quantitative estimate of drug-likeness (QED) is 0.835. The summed E-state index contributed by atoms with van der Waals surface area (Å²) in [6, 6.07) is 2.28. The summed E-state index contributed by atoms with van der Waals surface area (Å²) in [7, 11) is -3.82. The van der Waals surface area contributed by atoms with Gasteiger partial charge < -0.3 is 14.6 Å². The Hall–Kier alpha value is -1.38. The van der Waals surface area contributed by atoms with E-state index in [0.29, 0.717) is 13.0 Å². The molecule has 8 heteroatoms. The zero-order valence-corrected chi connectivity index (χ0v) is 11.4. The second kappa shape index (κ2) is 4.57. The molecule has 7 nitrogen and oxygen atoms in total. The molecule has 1 aliphatic heterocycles. The maximum absolute atomic E-state index is 12.4. The molecule has 2 heterocycles. The lowest BCUT2D eigenvalue weighted by Crippen LogP contribution is -2.30. The van der Waals surface area contributed by atoms with E-state index in [9.17, 15) is 18.3 Å². The number of hydrogen-bond acceptors (Lipinski definition) is 5. The highest BCUT2D eigenvalue weighted by Crippen LogP contribution is 2.40. The van der Waals surface area contributed by atoms with Gasteiger partial charge in [-0.25, -0.2) is 13.2 Å². The van der Waals surface area contributed by atoms with Crippen LogP contribution >= 0.6 is 0 Å². The SMILES string of the molecule is O=C(O)c1ccc(S(=O)(=O)N2CC3CCC(O)C3C2)o1. The van der Waals surface area contributed by atoms with E-state index in [1.54, 1.807) is 0 Å². The van der Waals surface area contributed by atoms with Crippen LogP contribution < -0.4 is 0 Å². The maximum Gasteiger partial charge on any atom is 0.371 e. The molecule has 2 aliphatic rings. The largest absolute Gasteiger partial charge is 0.475 e. The molecular weight excluding hydrogens is 286 g/mol.